The average molecular weight is 254 g/mol. The van der Waals surface area contributed by atoms with Crippen molar-refractivity contribution in [2.75, 3.05) is 18.0 Å². The Hall–Kier alpha value is -0.900. The van der Waals surface area contributed by atoms with Crippen LogP contribution in [0.15, 0.2) is 6.20 Å². The summed E-state index contributed by atoms with van der Waals surface area (Å²) >= 11 is 1.52. The first-order chi connectivity index (χ1) is 8.19. The number of unbranched alkanes of at least 4 members (excludes halogenated alkanes) is 2. The van der Waals surface area contributed by atoms with Crippen LogP contribution in [-0.2, 0) is 0 Å². The third-order valence-electron chi connectivity index (χ3n) is 2.67. The van der Waals surface area contributed by atoms with E-state index in [4.69, 9.17) is 0 Å². The van der Waals surface area contributed by atoms with Crippen molar-refractivity contribution in [3.8, 4) is 0 Å². The fourth-order valence-corrected chi connectivity index (χ4v) is 2.44. The molecule has 3 nitrogen and oxygen atoms in total. The molecule has 4 heteroatoms. The third kappa shape index (κ3) is 4.46. The number of nitrogens with zero attached hydrogens (tertiary/aromatic N) is 2. The zero-order valence-electron chi connectivity index (χ0n) is 11.0. The molecule has 96 valence electrons. The minimum atomic E-state index is 0.111. The van der Waals surface area contributed by atoms with Crippen molar-refractivity contribution in [1.29, 1.82) is 0 Å². The van der Waals surface area contributed by atoms with Gasteiger partial charge in [-0.1, -0.05) is 38.0 Å². The lowest BCUT2D eigenvalue weighted by molar-refractivity contribution is 0.102. The van der Waals surface area contributed by atoms with Crippen molar-refractivity contribution in [2.45, 2.75) is 46.5 Å². The molecule has 17 heavy (non-hydrogen) atoms. The summed E-state index contributed by atoms with van der Waals surface area (Å²) in [5.41, 5.74) is 0. The molecular formula is C13H22N2OS. The van der Waals surface area contributed by atoms with Gasteiger partial charge in [-0.05, 0) is 12.8 Å². The van der Waals surface area contributed by atoms with E-state index >= 15 is 0 Å². The number of carbonyl (C=O) groups is 1. The van der Waals surface area contributed by atoms with E-state index in [2.05, 4.69) is 23.7 Å². The Kier molecular flexibility index (Phi) is 6.19. The summed E-state index contributed by atoms with van der Waals surface area (Å²) in [6.45, 7) is 8.07. The summed E-state index contributed by atoms with van der Waals surface area (Å²) < 4.78 is 0. The predicted molar refractivity (Wildman–Crippen MR) is 74.1 cm³/mol. The lowest BCUT2D eigenvalue weighted by Crippen LogP contribution is -2.25. The van der Waals surface area contributed by atoms with Gasteiger partial charge in [-0.15, -0.1) is 0 Å². The number of aromatic nitrogens is 1. The summed E-state index contributed by atoms with van der Waals surface area (Å²) in [6.07, 6.45) is 6.44. The Morgan fingerprint density at radius 2 is 1.88 bits per heavy atom. The normalized spacial score (nSPS) is 10.5. The molecular weight excluding hydrogens is 232 g/mol. The van der Waals surface area contributed by atoms with Gasteiger partial charge in [0.05, 0.1) is 11.1 Å². The van der Waals surface area contributed by atoms with Crippen molar-refractivity contribution < 1.29 is 4.79 Å². The van der Waals surface area contributed by atoms with Crippen LogP contribution in [0.5, 0.6) is 0 Å². The fraction of sp³-hybridized carbons (Fsp3) is 0.692. The highest BCUT2D eigenvalue weighted by Crippen LogP contribution is 2.23. The molecule has 0 unspecified atom stereocenters. The lowest BCUT2D eigenvalue weighted by atomic mass is 10.3. The molecule has 1 rings (SSSR count). The smallest absolute Gasteiger partial charge is 0.185 e. The zero-order chi connectivity index (χ0) is 12.7. The van der Waals surface area contributed by atoms with Gasteiger partial charge in [0, 0.05) is 20.0 Å². The summed E-state index contributed by atoms with van der Waals surface area (Å²) in [5.74, 6) is 0.111. The molecule has 0 radical (unpaired) electrons. The van der Waals surface area contributed by atoms with Crippen molar-refractivity contribution in [2.24, 2.45) is 0 Å². The van der Waals surface area contributed by atoms with Crippen LogP contribution in [0.25, 0.3) is 0 Å². The number of carbonyl (C=O) groups excluding carboxylic acids is 1. The second-order valence-corrected chi connectivity index (χ2v) is 5.27. The van der Waals surface area contributed by atoms with Gasteiger partial charge in [0.2, 0.25) is 0 Å². The standard InChI is InChI=1S/C13H22N2OS/c1-4-6-8-15(9-7-5-2)13-14-10-12(17-13)11(3)16/h10H,4-9H2,1-3H3. The Bertz CT molecular complexity index is 341. The summed E-state index contributed by atoms with van der Waals surface area (Å²) in [7, 11) is 0. The van der Waals surface area contributed by atoms with Crippen LogP contribution >= 0.6 is 11.3 Å². The Morgan fingerprint density at radius 1 is 1.29 bits per heavy atom. The van der Waals surface area contributed by atoms with Crippen molar-refractivity contribution >= 4 is 22.3 Å². The van der Waals surface area contributed by atoms with Crippen LogP contribution in [0.4, 0.5) is 5.13 Å². The van der Waals surface area contributed by atoms with Gasteiger partial charge in [0.15, 0.2) is 10.9 Å². The molecule has 0 fully saturated rings. The number of Topliss-reactive ketones (excluding diaryl/α,β-unsaturated/α-hetero) is 1. The number of hydrogen-bond donors (Lipinski definition) is 0. The molecule has 0 saturated heterocycles. The molecule has 0 bridgehead atoms. The number of ketones is 1. The maximum Gasteiger partial charge on any atom is 0.185 e. The molecule has 0 N–H and O–H groups in total. The summed E-state index contributed by atoms with van der Waals surface area (Å²) in [5, 5.41) is 0.997. The number of anilines is 1. The van der Waals surface area contributed by atoms with Crippen molar-refractivity contribution in [3.63, 3.8) is 0 Å². The summed E-state index contributed by atoms with van der Waals surface area (Å²) in [6, 6.07) is 0. The molecule has 0 atom stereocenters. The second-order valence-electron chi connectivity index (χ2n) is 4.26. The first-order valence-electron chi connectivity index (χ1n) is 6.40. The maximum atomic E-state index is 11.3. The molecule has 0 amide bonds. The second kappa shape index (κ2) is 7.43. The monoisotopic (exact) mass is 254 g/mol. The van der Waals surface area contributed by atoms with Crippen molar-refractivity contribution in [3.05, 3.63) is 11.1 Å². The SMILES string of the molecule is CCCCN(CCCC)c1ncc(C(C)=O)s1. The van der Waals surface area contributed by atoms with Crippen LogP contribution in [0.3, 0.4) is 0 Å². The van der Waals surface area contributed by atoms with Gasteiger partial charge in [-0.2, -0.15) is 0 Å². The van der Waals surface area contributed by atoms with Crippen LogP contribution in [0, 0.1) is 0 Å². The Morgan fingerprint density at radius 3 is 2.29 bits per heavy atom. The van der Waals surface area contributed by atoms with Crippen LogP contribution in [-0.4, -0.2) is 23.9 Å². The molecule has 1 aromatic rings. The van der Waals surface area contributed by atoms with Gasteiger partial charge >= 0.3 is 0 Å². The minimum absolute atomic E-state index is 0.111. The molecule has 1 aromatic heterocycles. The highest BCUT2D eigenvalue weighted by Gasteiger charge is 2.12. The van der Waals surface area contributed by atoms with E-state index < -0.39 is 0 Å². The Labute approximate surface area is 108 Å². The minimum Gasteiger partial charge on any atom is -0.348 e. The predicted octanol–water partition coefficient (Wildman–Crippen LogP) is 3.75. The van der Waals surface area contributed by atoms with E-state index in [-0.39, 0.29) is 5.78 Å². The third-order valence-corrected chi connectivity index (χ3v) is 3.83. The number of hydrogen-bond acceptors (Lipinski definition) is 4. The maximum absolute atomic E-state index is 11.3. The molecule has 0 aliphatic carbocycles. The quantitative estimate of drug-likeness (QED) is 0.662. The number of thiazole rings is 1. The molecule has 0 aromatic carbocycles. The van der Waals surface area contributed by atoms with Gasteiger partial charge in [-0.3, -0.25) is 4.79 Å². The topological polar surface area (TPSA) is 33.2 Å². The molecule has 0 saturated carbocycles. The van der Waals surface area contributed by atoms with Gasteiger partial charge in [-0.25, -0.2) is 4.98 Å². The Balaban J connectivity index is 2.68. The van der Waals surface area contributed by atoms with Crippen LogP contribution in [0.2, 0.25) is 0 Å². The van der Waals surface area contributed by atoms with Crippen LogP contribution < -0.4 is 4.90 Å². The van der Waals surface area contributed by atoms with E-state index in [1.54, 1.807) is 13.1 Å². The lowest BCUT2D eigenvalue weighted by Gasteiger charge is -2.21. The van der Waals surface area contributed by atoms with Gasteiger partial charge in [0.25, 0.3) is 0 Å². The van der Waals surface area contributed by atoms with Crippen LogP contribution in [0.1, 0.15) is 56.1 Å². The highest BCUT2D eigenvalue weighted by molar-refractivity contribution is 7.17. The summed E-state index contributed by atoms with van der Waals surface area (Å²) in [4.78, 5) is 18.7. The van der Waals surface area contributed by atoms with E-state index in [1.807, 2.05) is 0 Å². The molecule has 0 aliphatic rings. The van der Waals surface area contributed by atoms with Gasteiger partial charge in [0.1, 0.15) is 0 Å². The van der Waals surface area contributed by atoms with E-state index in [0.29, 0.717) is 0 Å². The first-order valence-corrected chi connectivity index (χ1v) is 7.22. The van der Waals surface area contributed by atoms with E-state index in [1.165, 1.54) is 37.0 Å². The average Bonchev–Trinajstić information content (AvgIpc) is 2.79. The molecule has 0 aliphatic heterocycles. The van der Waals surface area contributed by atoms with E-state index in [0.717, 1.165) is 23.1 Å². The molecule has 0 spiro atoms. The molecule has 1 heterocycles. The largest absolute Gasteiger partial charge is 0.348 e. The number of rotatable bonds is 8. The van der Waals surface area contributed by atoms with E-state index in [9.17, 15) is 4.79 Å². The fourth-order valence-electron chi connectivity index (χ4n) is 1.57. The highest BCUT2D eigenvalue weighted by atomic mass is 32.1. The zero-order valence-corrected chi connectivity index (χ0v) is 11.8. The first kappa shape index (κ1) is 14.2. The van der Waals surface area contributed by atoms with Crippen molar-refractivity contribution in [1.82, 2.24) is 4.98 Å². The van der Waals surface area contributed by atoms with Gasteiger partial charge < -0.3 is 4.90 Å².